The summed E-state index contributed by atoms with van der Waals surface area (Å²) in [5.74, 6) is -0.249. The normalized spacial score (nSPS) is 11.0. The number of nitrogens with one attached hydrogen (secondary N) is 1. The summed E-state index contributed by atoms with van der Waals surface area (Å²) in [6, 6.07) is 13.3. The van der Waals surface area contributed by atoms with Crippen molar-refractivity contribution in [3.05, 3.63) is 85.3 Å². The number of aromatic nitrogens is 1. The number of hydrogen-bond donors (Lipinski definition) is 1. The van der Waals surface area contributed by atoms with Crippen molar-refractivity contribution in [3.8, 4) is 0 Å². The number of benzene rings is 2. The zero-order chi connectivity index (χ0) is 18.5. The van der Waals surface area contributed by atoms with Crippen molar-refractivity contribution < 1.29 is 4.79 Å². The molecular formula is C19H13BrCl2N2OS. The molecule has 3 rings (SSSR count). The SMILES string of the molecule is O=C(/C=C/c1ccc(Cl)c(Cl)c1)Nc1ncc(Cc2ccc(Br)cc2)s1. The van der Waals surface area contributed by atoms with Crippen LogP contribution in [0.5, 0.6) is 0 Å². The van der Waals surface area contributed by atoms with E-state index in [1.807, 2.05) is 12.1 Å². The van der Waals surface area contributed by atoms with Gasteiger partial charge in [0.15, 0.2) is 5.13 Å². The third-order valence-corrected chi connectivity index (χ3v) is 5.63. The number of rotatable bonds is 5. The van der Waals surface area contributed by atoms with Gasteiger partial charge in [-0.25, -0.2) is 4.98 Å². The fraction of sp³-hybridized carbons (Fsp3) is 0.0526. The van der Waals surface area contributed by atoms with E-state index in [4.69, 9.17) is 23.2 Å². The molecule has 26 heavy (non-hydrogen) atoms. The molecule has 0 bridgehead atoms. The van der Waals surface area contributed by atoms with Crippen LogP contribution in [0, 0.1) is 0 Å². The van der Waals surface area contributed by atoms with Gasteiger partial charge in [0.1, 0.15) is 0 Å². The molecule has 3 nitrogen and oxygen atoms in total. The molecule has 0 aliphatic carbocycles. The molecule has 0 atom stereocenters. The predicted molar refractivity (Wildman–Crippen MR) is 113 cm³/mol. The Morgan fingerprint density at radius 2 is 1.92 bits per heavy atom. The van der Waals surface area contributed by atoms with Gasteiger partial charge in [0.2, 0.25) is 5.91 Å². The van der Waals surface area contributed by atoms with Crippen molar-refractivity contribution >= 4 is 67.6 Å². The molecule has 0 saturated heterocycles. The van der Waals surface area contributed by atoms with Crippen LogP contribution < -0.4 is 5.32 Å². The molecule has 0 aliphatic heterocycles. The minimum Gasteiger partial charge on any atom is -0.298 e. The summed E-state index contributed by atoms with van der Waals surface area (Å²) in [4.78, 5) is 17.4. The monoisotopic (exact) mass is 466 g/mol. The van der Waals surface area contributed by atoms with Gasteiger partial charge in [-0.05, 0) is 41.5 Å². The van der Waals surface area contributed by atoms with E-state index in [2.05, 4.69) is 38.4 Å². The lowest BCUT2D eigenvalue weighted by Crippen LogP contribution is -2.07. The van der Waals surface area contributed by atoms with Crippen LogP contribution in [0.4, 0.5) is 5.13 Å². The Balaban J connectivity index is 1.59. The van der Waals surface area contributed by atoms with Gasteiger partial charge in [0.25, 0.3) is 0 Å². The van der Waals surface area contributed by atoms with E-state index in [1.54, 1.807) is 30.5 Å². The van der Waals surface area contributed by atoms with Gasteiger partial charge in [-0.15, -0.1) is 11.3 Å². The van der Waals surface area contributed by atoms with Crippen LogP contribution in [0.25, 0.3) is 6.08 Å². The summed E-state index contributed by atoms with van der Waals surface area (Å²) < 4.78 is 1.05. The first-order valence-electron chi connectivity index (χ1n) is 7.63. The van der Waals surface area contributed by atoms with Gasteiger partial charge in [-0.1, -0.05) is 57.3 Å². The molecule has 1 N–H and O–H groups in total. The Morgan fingerprint density at radius 1 is 1.15 bits per heavy atom. The van der Waals surface area contributed by atoms with E-state index >= 15 is 0 Å². The number of halogens is 3. The molecule has 3 aromatic rings. The van der Waals surface area contributed by atoms with E-state index < -0.39 is 0 Å². The number of thiazole rings is 1. The summed E-state index contributed by atoms with van der Waals surface area (Å²) in [7, 11) is 0. The average molecular weight is 468 g/mol. The minimum absolute atomic E-state index is 0.249. The van der Waals surface area contributed by atoms with E-state index in [1.165, 1.54) is 23.0 Å². The first-order chi connectivity index (χ1) is 12.5. The van der Waals surface area contributed by atoms with Gasteiger partial charge < -0.3 is 0 Å². The molecule has 0 unspecified atom stereocenters. The third-order valence-electron chi connectivity index (χ3n) is 3.45. The van der Waals surface area contributed by atoms with Crippen LogP contribution in [-0.2, 0) is 11.2 Å². The molecule has 132 valence electrons. The molecule has 1 aromatic heterocycles. The van der Waals surface area contributed by atoms with Crippen molar-refractivity contribution in [3.63, 3.8) is 0 Å². The largest absolute Gasteiger partial charge is 0.298 e. The summed E-state index contributed by atoms with van der Waals surface area (Å²) in [5, 5.41) is 4.27. The first kappa shape index (κ1) is 19.1. The number of hydrogen-bond acceptors (Lipinski definition) is 3. The number of carbonyl (C=O) groups is 1. The van der Waals surface area contributed by atoms with Crippen LogP contribution in [0.1, 0.15) is 16.0 Å². The predicted octanol–water partition coefficient (Wildman–Crippen LogP) is 6.46. The summed E-state index contributed by atoms with van der Waals surface area (Å²) in [6.07, 6.45) is 5.67. The van der Waals surface area contributed by atoms with Crippen LogP contribution >= 0.6 is 50.5 Å². The summed E-state index contributed by atoms with van der Waals surface area (Å²) in [5.41, 5.74) is 1.99. The molecule has 1 amide bonds. The van der Waals surface area contributed by atoms with Crippen LogP contribution in [0.3, 0.4) is 0 Å². The fourth-order valence-corrected chi connectivity index (χ4v) is 3.61. The van der Waals surface area contributed by atoms with Crippen LogP contribution in [-0.4, -0.2) is 10.9 Å². The van der Waals surface area contributed by atoms with Gasteiger partial charge in [0, 0.05) is 28.0 Å². The van der Waals surface area contributed by atoms with E-state index in [0.717, 1.165) is 21.3 Å². The fourth-order valence-electron chi connectivity index (χ4n) is 2.19. The lowest BCUT2D eigenvalue weighted by molar-refractivity contribution is -0.111. The molecule has 0 spiro atoms. The summed E-state index contributed by atoms with van der Waals surface area (Å²) >= 11 is 16.7. The molecule has 2 aromatic carbocycles. The van der Waals surface area contributed by atoms with Gasteiger partial charge in [-0.2, -0.15) is 0 Å². The Labute approximate surface area is 173 Å². The smallest absolute Gasteiger partial charge is 0.250 e. The van der Waals surface area contributed by atoms with Crippen LogP contribution in [0.2, 0.25) is 10.0 Å². The number of nitrogens with zero attached hydrogens (tertiary/aromatic N) is 1. The zero-order valence-corrected chi connectivity index (χ0v) is 17.3. The van der Waals surface area contributed by atoms with Crippen molar-refractivity contribution in [2.24, 2.45) is 0 Å². The zero-order valence-electron chi connectivity index (χ0n) is 13.4. The highest BCUT2D eigenvalue weighted by Gasteiger charge is 2.06. The molecule has 0 fully saturated rings. The van der Waals surface area contributed by atoms with E-state index in [-0.39, 0.29) is 5.91 Å². The van der Waals surface area contributed by atoms with Gasteiger partial charge in [0.05, 0.1) is 10.0 Å². The molecule has 7 heteroatoms. The maximum atomic E-state index is 12.0. The Kier molecular flexibility index (Phi) is 6.48. The van der Waals surface area contributed by atoms with Crippen molar-refractivity contribution in [2.45, 2.75) is 6.42 Å². The lowest BCUT2D eigenvalue weighted by atomic mass is 10.1. The highest BCUT2D eigenvalue weighted by molar-refractivity contribution is 9.10. The number of carbonyl (C=O) groups excluding carboxylic acids is 1. The Bertz CT molecular complexity index is 954. The minimum atomic E-state index is -0.249. The molecule has 0 saturated carbocycles. The average Bonchev–Trinajstić information content (AvgIpc) is 3.05. The maximum Gasteiger partial charge on any atom is 0.250 e. The third kappa shape index (κ3) is 5.42. The lowest BCUT2D eigenvalue weighted by Gasteiger charge is -1.99. The summed E-state index contributed by atoms with van der Waals surface area (Å²) in [6.45, 7) is 0. The molecule has 0 radical (unpaired) electrons. The van der Waals surface area contributed by atoms with Gasteiger partial charge >= 0.3 is 0 Å². The van der Waals surface area contributed by atoms with Crippen molar-refractivity contribution in [1.29, 1.82) is 0 Å². The Hall–Kier alpha value is -1.66. The van der Waals surface area contributed by atoms with Crippen LogP contribution in [0.15, 0.2) is 59.2 Å². The second kappa shape index (κ2) is 8.82. The van der Waals surface area contributed by atoms with Crippen molar-refractivity contribution in [1.82, 2.24) is 4.98 Å². The first-order valence-corrected chi connectivity index (χ1v) is 9.99. The molecular weight excluding hydrogens is 455 g/mol. The second-order valence-corrected chi connectivity index (χ2v) is 8.28. The van der Waals surface area contributed by atoms with E-state index in [0.29, 0.717) is 15.2 Å². The topological polar surface area (TPSA) is 42.0 Å². The van der Waals surface area contributed by atoms with Crippen molar-refractivity contribution in [2.75, 3.05) is 5.32 Å². The number of amides is 1. The van der Waals surface area contributed by atoms with E-state index in [9.17, 15) is 4.79 Å². The highest BCUT2D eigenvalue weighted by atomic mass is 79.9. The van der Waals surface area contributed by atoms with Gasteiger partial charge in [-0.3, -0.25) is 10.1 Å². The highest BCUT2D eigenvalue weighted by Crippen LogP contribution is 2.24. The standard InChI is InChI=1S/C19H13BrCl2N2OS/c20-14-5-1-12(2-6-14)9-15-11-23-19(26-15)24-18(25)8-4-13-3-7-16(21)17(22)10-13/h1-8,10-11H,9H2,(H,23,24,25)/b8-4+. The maximum absolute atomic E-state index is 12.0. The molecule has 0 aliphatic rings. The molecule has 1 heterocycles. The Morgan fingerprint density at radius 3 is 2.65 bits per heavy atom. The quantitative estimate of drug-likeness (QED) is 0.437. The number of anilines is 1. The second-order valence-electron chi connectivity index (χ2n) is 5.43.